The molecule has 0 saturated heterocycles. The summed E-state index contributed by atoms with van der Waals surface area (Å²) in [7, 11) is 0. The fourth-order valence-corrected chi connectivity index (χ4v) is 2.39. The van der Waals surface area contributed by atoms with E-state index in [0.29, 0.717) is 17.7 Å². The maximum atomic E-state index is 13.6. The molecule has 2 aromatic carbocycles. The Kier molecular flexibility index (Phi) is 2.54. The Hall–Kier alpha value is -1.90. The summed E-state index contributed by atoms with van der Waals surface area (Å²) in [6.07, 6.45) is 0.618. The van der Waals surface area contributed by atoms with E-state index < -0.39 is 11.6 Å². The Morgan fingerprint density at radius 1 is 1.11 bits per heavy atom. The zero-order valence-corrected chi connectivity index (χ0v) is 10.0. The van der Waals surface area contributed by atoms with Gasteiger partial charge in [0.05, 0.1) is 11.7 Å². The van der Waals surface area contributed by atoms with Gasteiger partial charge in [0.15, 0.2) is 0 Å². The van der Waals surface area contributed by atoms with Crippen LogP contribution < -0.4 is 5.32 Å². The molecule has 0 aliphatic carbocycles. The van der Waals surface area contributed by atoms with Crippen molar-refractivity contribution >= 4 is 5.69 Å². The van der Waals surface area contributed by atoms with E-state index in [1.165, 1.54) is 11.6 Å². The summed E-state index contributed by atoms with van der Waals surface area (Å²) in [6.45, 7) is 2.02. The van der Waals surface area contributed by atoms with Crippen molar-refractivity contribution in [2.75, 3.05) is 5.32 Å². The number of rotatable bonds is 1. The van der Waals surface area contributed by atoms with Crippen LogP contribution in [0.25, 0.3) is 0 Å². The third-order valence-electron chi connectivity index (χ3n) is 3.36. The molecular weight excluding hydrogens is 232 g/mol. The van der Waals surface area contributed by atoms with Gasteiger partial charge in [-0.2, -0.15) is 0 Å². The molecule has 3 heteroatoms. The fourth-order valence-electron chi connectivity index (χ4n) is 2.39. The second kappa shape index (κ2) is 4.09. The quantitative estimate of drug-likeness (QED) is 0.801. The topological polar surface area (TPSA) is 12.0 Å². The Morgan fingerprint density at radius 3 is 2.56 bits per heavy atom. The largest absolute Gasteiger partial charge is 0.375 e. The molecule has 1 aliphatic rings. The lowest BCUT2D eigenvalue weighted by Crippen LogP contribution is -2.05. The van der Waals surface area contributed by atoms with Crippen LogP contribution in [-0.4, -0.2) is 0 Å². The van der Waals surface area contributed by atoms with Crippen molar-refractivity contribution in [2.45, 2.75) is 19.4 Å². The summed E-state index contributed by atoms with van der Waals surface area (Å²) < 4.78 is 26.7. The lowest BCUT2D eigenvalue weighted by atomic mass is 10.0. The Bertz CT molecular complexity index is 590. The predicted octanol–water partition coefficient (Wildman–Crippen LogP) is 3.98. The first-order valence-corrected chi connectivity index (χ1v) is 5.94. The standard InChI is InChI=1S/C15H13F2N/c1-9-2-4-10(5-3-9)14-7-11-6-12(16)8-13(17)15(11)18-14/h2-6,8,14,18H,7H2,1H3. The number of hydrogen-bond donors (Lipinski definition) is 1. The molecule has 1 atom stereocenters. The lowest BCUT2D eigenvalue weighted by Gasteiger charge is -2.11. The first-order chi connectivity index (χ1) is 8.63. The number of aryl methyl sites for hydroxylation is 1. The van der Waals surface area contributed by atoms with E-state index in [0.717, 1.165) is 11.6 Å². The summed E-state index contributed by atoms with van der Waals surface area (Å²) in [6, 6.07) is 10.4. The van der Waals surface area contributed by atoms with Gasteiger partial charge in [0.1, 0.15) is 11.6 Å². The van der Waals surface area contributed by atoms with Crippen molar-refractivity contribution in [1.29, 1.82) is 0 Å². The van der Waals surface area contributed by atoms with Gasteiger partial charge in [-0.1, -0.05) is 29.8 Å². The number of halogens is 2. The molecule has 1 unspecified atom stereocenters. The van der Waals surface area contributed by atoms with Gasteiger partial charge in [-0.3, -0.25) is 0 Å². The molecule has 1 N–H and O–H groups in total. The number of nitrogens with one attached hydrogen (secondary N) is 1. The van der Waals surface area contributed by atoms with Crippen LogP contribution in [0.2, 0.25) is 0 Å². The lowest BCUT2D eigenvalue weighted by molar-refractivity contribution is 0.585. The number of benzene rings is 2. The Balaban J connectivity index is 1.93. The normalized spacial score (nSPS) is 17.4. The van der Waals surface area contributed by atoms with Gasteiger partial charge in [-0.05, 0) is 30.5 Å². The Labute approximate surface area is 104 Å². The molecule has 1 heterocycles. The maximum Gasteiger partial charge on any atom is 0.149 e. The van der Waals surface area contributed by atoms with Crippen molar-refractivity contribution in [1.82, 2.24) is 0 Å². The molecule has 3 rings (SSSR count). The van der Waals surface area contributed by atoms with Crippen LogP contribution in [0.3, 0.4) is 0 Å². The van der Waals surface area contributed by atoms with Crippen molar-refractivity contribution in [3.8, 4) is 0 Å². The molecule has 92 valence electrons. The summed E-state index contributed by atoms with van der Waals surface area (Å²) in [5.41, 5.74) is 3.42. The van der Waals surface area contributed by atoms with E-state index in [9.17, 15) is 8.78 Å². The summed E-state index contributed by atoms with van der Waals surface area (Å²) >= 11 is 0. The molecule has 1 nitrogen and oxygen atoms in total. The molecule has 0 bridgehead atoms. The van der Waals surface area contributed by atoms with E-state index in [2.05, 4.69) is 5.32 Å². The van der Waals surface area contributed by atoms with E-state index in [-0.39, 0.29) is 6.04 Å². The SMILES string of the molecule is Cc1ccc(C2Cc3cc(F)cc(F)c3N2)cc1. The highest BCUT2D eigenvalue weighted by atomic mass is 19.1. The smallest absolute Gasteiger partial charge is 0.149 e. The van der Waals surface area contributed by atoms with Crippen molar-refractivity contribution in [3.63, 3.8) is 0 Å². The van der Waals surface area contributed by atoms with Crippen LogP contribution in [0.4, 0.5) is 14.5 Å². The van der Waals surface area contributed by atoms with Crippen LogP contribution in [0.5, 0.6) is 0 Å². The minimum Gasteiger partial charge on any atom is -0.375 e. The molecule has 18 heavy (non-hydrogen) atoms. The average molecular weight is 245 g/mol. The molecule has 0 radical (unpaired) electrons. The first kappa shape index (κ1) is 11.2. The van der Waals surface area contributed by atoms with Crippen LogP contribution in [-0.2, 0) is 6.42 Å². The van der Waals surface area contributed by atoms with Gasteiger partial charge < -0.3 is 5.32 Å². The van der Waals surface area contributed by atoms with Crippen molar-refractivity contribution in [2.24, 2.45) is 0 Å². The molecule has 0 spiro atoms. The maximum absolute atomic E-state index is 13.6. The van der Waals surface area contributed by atoms with Crippen molar-refractivity contribution in [3.05, 3.63) is 64.7 Å². The molecule has 0 saturated carbocycles. The highest BCUT2D eigenvalue weighted by molar-refractivity contribution is 5.59. The van der Waals surface area contributed by atoms with E-state index >= 15 is 0 Å². The highest BCUT2D eigenvalue weighted by Crippen LogP contribution is 2.36. The predicted molar refractivity (Wildman–Crippen MR) is 67.6 cm³/mol. The molecule has 2 aromatic rings. The molecule has 1 aliphatic heterocycles. The van der Waals surface area contributed by atoms with E-state index in [1.54, 1.807) is 0 Å². The van der Waals surface area contributed by atoms with Gasteiger partial charge in [-0.15, -0.1) is 0 Å². The van der Waals surface area contributed by atoms with Crippen LogP contribution in [0.15, 0.2) is 36.4 Å². The minimum absolute atomic E-state index is 0.0249. The van der Waals surface area contributed by atoms with Gasteiger partial charge in [0.25, 0.3) is 0 Å². The monoisotopic (exact) mass is 245 g/mol. The van der Waals surface area contributed by atoms with Gasteiger partial charge >= 0.3 is 0 Å². The van der Waals surface area contributed by atoms with Gasteiger partial charge in [-0.25, -0.2) is 8.78 Å². The average Bonchev–Trinajstić information content (AvgIpc) is 2.74. The van der Waals surface area contributed by atoms with Crippen molar-refractivity contribution < 1.29 is 8.78 Å². The zero-order chi connectivity index (χ0) is 12.7. The zero-order valence-electron chi connectivity index (χ0n) is 10.0. The van der Waals surface area contributed by atoms with Crippen LogP contribution in [0.1, 0.15) is 22.7 Å². The number of anilines is 1. The Morgan fingerprint density at radius 2 is 1.83 bits per heavy atom. The minimum atomic E-state index is -0.516. The molecule has 0 amide bonds. The molecule has 0 aromatic heterocycles. The summed E-state index contributed by atoms with van der Waals surface area (Å²) in [5, 5.41) is 3.12. The third-order valence-corrected chi connectivity index (χ3v) is 3.36. The molecule has 0 fully saturated rings. The second-order valence-electron chi connectivity index (χ2n) is 4.73. The fraction of sp³-hybridized carbons (Fsp3) is 0.200. The van der Waals surface area contributed by atoms with E-state index in [4.69, 9.17) is 0 Å². The molecular formula is C15H13F2N. The highest BCUT2D eigenvalue weighted by Gasteiger charge is 2.25. The van der Waals surface area contributed by atoms with Gasteiger partial charge in [0.2, 0.25) is 0 Å². The summed E-state index contributed by atoms with van der Waals surface area (Å²) in [4.78, 5) is 0. The van der Waals surface area contributed by atoms with Crippen LogP contribution in [0, 0.1) is 18.6 Å². The third kappa shape index (κ3) is 1.86. The first-order valence-electron chi connectivity index (χ1n) is 5.94. The van der Waals surface area contributed by atoms with Crippen LogP contribution >= 0.6 is 0 Å². The summed E-state index contributed by atoms with van der Waals surface area (Å²) in [5.74, 6) is -1.03. The number of fused-ring (bicyclic) bond motifs is 1. The second-order valence-corrected chi connectivity index (χ2v) is 4.73. The van der Waals surface area contributed by atoms with Gasteiger partial charge in [0, 0.05) is 6.07 Å². The number of hydrogen-bond acceptors (Lipinski definition) is 1. The van der Waals surface area contributed by atoms with E-state index in [1.807, 2.05) is 31.2 Å².